The van der Waals surface area contributed by atoms with Gasteiger partial charge in [0.1, 0.15) is 17.4 Å². The summed E-state index contributed by atoms with van der Waals surface area (Å²) in [6.45, 7) is 5.29. The maximum atomic E-state index is 12.5. The summed E-state index contributed by atoms with van der Waals surface area (Å²) in [6.07, 6.45) is -0.277. The third kappa shape index (κ3) is 3.92. The van der Waals surface area contributed by atoms with Crippen molar-refractivity contribution >= 4 is 17.7 Å². The number of methoxy groups -OCH3 is 1. The van der Waals surface area contributed by atoms with Crippen LogP contribution in [0.1, 0.15) is 26.3 Å². The second kappa shape index (κ2) is 6.45. The Kier molecular flexibility index (Phi) is 4.79. The Bertz CT molecular complexity index is 609. The smallest absolute Gasteiger partial charge is 0.408 e. The predicted octanol–water partition coefficient (Wildman–Crippen LogP) is 2.04. The molecule has 0 unspecified atom stereocenters. The Labute approximate surface area is 135 Å². The number of hydroxylamine groups is 1. The molecule has 1 heterocycles. The number of ether oxygens (including phenoxy) is 2. The Morgan fingerprint density at radius 2 is 2.00 bits per heavy atom. The fraction of sp³-hybridized carbons (Fsp3) is 0.500. The lowest BCUT2D eigenvalue weighted by Crippen LogP contribution is -2.53. The van der Waals surface area contributed by atoms with E-state index in [4.69, 9.17) is 14.3 Å². The molecule has 2 amide bonds. The number of fused-ring (bicyclic) bond motifs is 1. The van der Waals surface area contributed by atoms with E-state index in [0.717, 1.165) is 10.6 Å². The molecule has 7 heteroatoms. The molecule has 23 heavy (non-hydrogen) atoms. The largest absolute Gasteiger partial charge is 0.497 e. The van der Waals surface area contributed by atoms with E-state index in [9.17, 15) is 9.59 Å². The fourth-order valence-electron chi connectivity index (χ4n) is 2.35. The zero-order valence-corrected chi connectivity index (χ0v) is 14.0. The quantitative estimate of drug-likeness (QED) is 0.921. The first-order valence-corrected chi connectivity index (χ1v) is 7.29. The molecular weight excluding hydrogens is 300 g/mol. The van der Waals surface area contributed by atoms with Crippen molar-refractivity contribution in [3.8, 4) is 5.75 Å². The number of anilines is 1. The van der Waals surface area contributed by atoms with Crippen LogP contribution in [-0.4, -0.2) is 37.9 Å². The standard InChI is InChI=1S/C16H22N2O5/c1-16(2,3)23-15(20)17-12-8-10-6-7-11(21-4)9-13(10)18(22-5)14(12)19/h6-7,9,12H,8H2,1-5H3,(H,17,20)/t12-/m0/s1. The summed E-state index contributed by atoms with van der Waals surface area (Å²) in [6, 6.07) is 4.62. The third-order valence-electron chi connectivity index (χ3n) is 3.31. The van der Waals surface area contributed by atoms with Crippen LogP contribution in [0.25, 0.3) is 0 Å². The third-order valence-corrected chi connectivity index (χ3v) is 3.31. The van der Waals surface area contributed by atoms with Crippen molar-refractivity contribution in [3.63, 3.8) is 0 Å². The highest BCUT2D eigenvalue weighted by molar-refractivity contribution is 6.00. The summed E-state index contributed by atoms with van der Waals surface area (Å²) in [5.74, 6) is 0.260. The van der Waals surface area contributed by atoms with Crippen LogP contribution in [-0.2, 0) is 20.8 Å². The SMILES string of the molecule is COc1ccc2c(c1)N(OC)C(=O)[C@@H](NC(=O)OC(C)(C)C)C2. The number of carbonyl (C=O) groups excluding carboxylic acids is 2. The second-order valence-corrected chi connectivity index (χ2v) is 6.21. The summed E-state index contributed by atoms with van der Waals surface area (Å²) in [7, 11) is 2.95. The molecule has 0 aliphatic carbocycles. The van der Waals surface area contributed by atoms with Gasteiger partial charge in [-0.2, -0.15) is 5.06 Å². The zero-order valence-electron chi connectivity index (χ0n) is 14.0. The average molecular weight is 322 g/mol. The number of nitrogens with one attached hydrogen (secondary N) is 1. The molecule has 1 atom stereocenters. The first kappa shape index (κ1) is 17.1. The van der Waals surface area contributed by atoms with Crippen molar-refractivity contribution in [1.29, 1.82) is 0 Å². The van der Waals surface area contributed by atoms with Gasteiger partial charge in [-0.05, 0) is 32.4 Å². The lowest BCUT2D eigenvalue weighted by atomic mass is 9.98. The molecule has 0 aromatic heterocycles. The van der Waals surface area contributed by atoms with Crippen LogP contribution in [0, 0.1) is 0 Å². The molecule has 2 rings (SSSR count). The number of nitrogens with zero attached hydrogens (tertiary/aromatic N) is 1. The Hall–Kier alpha value is -2.28. The molecule has 1 aromatic carbocycles. The lowest BCUT2D eigenvalue weighted by Gasteiger charge is -2.33. The minimum Gasteiger partial charge on any atom is -0.497 e. The van der Waals surface area contributed by atoms with Crippen molar-refractivity contribution in [1.82, 2.24) is 5.32 Å². The van der Waals surface area contributed by atoms with Gasteiger partial charge in [0.25, 0.3) is 5.91 Å². The van der Waals surface area contributed by atoms with Crippen LogP contribution in [0.2, 0.25) is 0 Å². The Morgan fingerprint density at radius 3 is 2.57 bits per heavy atom. The van der Waals surface area contributed by atoms with E-state index in [2.05, 4.69) is 5.32 Å². The van der Waals surface area contributed by atoms with E-state index < -0.39 is 17.7 Å². The number of hydrogen-bond donors (Lipinski definition) is 1. The molecule has 1 aromatic rings. The van der Waals surface area contributed by atoms with Gasteiger partial charge in [-0.15, -0.1) is 0 Å². The van der Waals surface area contributed by atoms with Gasteiger partial charge in [0.15, 0.2) is 0 Å². The molecule has 1 aliphatic heterocycles. The number of amides is 2. The van der Waals surface area contributed by atoms with Gasteiger partial charge in [0, 0.05) is 12.5 Å². The fourth-order valence-corrected chi connectivity index (χ4v) is 2.35. The van der Waals surface area contributed by atoms with Gasteiger partial charge in [0.05, 0.1) is 19.9 Å². The number of alkyl carbamates (subject to hydrolysis) is 1. The van der Waals surface area contributed by atoms with E-state index in [1.807, 2.05) is 6.07 Å². The zero-order chi connectivity index (χ0) is 17.2. The lowest BCUT2D eigenvalue weighted by molar-refractivity contribution is -0.127. The van der Waals surface area contributed by atoms with Gasteiger partial charge < -0.3 is 14.8 Å². The molecule has 0 spiro atoms. The monoisotopic (exact) mass is 322 g/mol. The topological polar surface area (TPSA) is 77.1 Å². The van der Waals surface area contributed by atoms with E-state index in [1.165, 1.54) is 7.11 Å². The molecule has 0 saturated heterocycles. The van der Waals surface area contributed by atoms with Gasteiger partial charge in [-0.1, -0.05) is 6.07 Å². The van der Waals surface area contributed by atoms with Crippen LogP contribution in [0.5, 0.6) is 5.75 Å². The van der Waals surface area contributed by atoms with E-state index in [1.54, 1.807) is 40.0 Å². The predicted molar refractivity (Wildman–Crippen MR) is 84.4 cm³/mol. The minimum absolute atomic E-state index is 0.358. The highest BCUT2D eigenvalue weighted by atomic mass is 16.7. The summed E-state index contributed by atoms with van der Waals surface area (Å²) >= 11 is 0. The average Bonchev–Trinajstić information content (AvgIpc) is 2.46. The van der Waals surface area contributed by atoms with E-state index in [-0.39, 0.29) is 5.91 Å². The van der Waals surface area contributed by atoms with Crippen molar-refractivity contribution in [2.45, 2.75) is 38.8 Å². The summed E-state index contributed by atoms with van der Waals surface area (Å²) in [4.78, 5) is 29.6. The van der Waals surface area contributed by atoms with Crippen LogP contribution in [0.4, 0.5) is 10.5 Å². The van der Waals surface area contributed by atoms with Crippen molar-refractivity contribution in [3.05, 3.63) is 23.8 Å². The number of rotatable bonds is 3. The molecule has 0 bridgehead atoms. The molecule has 1 N–H and O–H groups in total. The second-order valence-electron chi connectivity index (χ2n) is 6.21. The molecule has 7 nitrogen and oxygen atoms in total. The molecule has 0 fully saturated rings. The van der Waals surface area contributed by atoms with Crippen molar-refractivity contribution in [2.24, 2.45) is 0 Å². The Morgan fingerprint density at radius 1 is 1.30 bits per heavy atom. The van der Waals surface area contributed by atoms with Gasteiger partial charge in [0.2, 0.25) is 0 Å². The first-order valence-electron chi connectivity index (χ1n) is 7.29. The van der Waals surface area contributed by atoms with Gasteiger partial charge >= 0.3 is 6.09 Å². The van der Waals surface area contributed by atoms with Crippen LogP contribution in [0.15, 0.2) is 18.2 Å². The van der Waals surface area contributed by atoms with Crippen LogP contribution >= 0.6 is 0 Å². The summed E-state index contributed by atoms with van der Waals surface area (Å²) < 4.78 is 10.4. The molecule has 0 saturated carbocycles. The van der Waals surface area contributed by atoms with Gasteiger partial charge in [-0.3, -0.25) is 9.63 Å². The van der Waals surface area contributed by atoms with Crippen LogP contribution < -0.4 is 15.1 Å². The normalized spacial score (nSPS) is 17.5. The van der Waals surface area contributed by atoms with E-state index in [0.29, 0.717) is 17.9 Å². The number of hydrogen-bond acceptors (Lipinski definition) is 5. The van der Waals surface area contributed by atoms with Crippen molar-refractivity contribution in [2.75, 3.05) is 19.3 Å². The van der Waals surface area contributed by atoms with Gasteiger partial charge in [-0.25, -0.2) is 4.79 Å². The maximum Gasteiger partial charge on any atom is 0.408 e. The molecular formula is C16H22N2O5. The highest BCUT2D eigenvalue weighted by Gasteiger charge is 2.35. The van der Waals surface area contributed by atoms with Crippen LogP contribution in [0.3, 0.4) is 0 Å². The maximum absolute atomic E-state index is 12.5. The molecule has 1 aliphatic rings. The minimum atomic E-state index is -0.745. The molecule has 126 valence electrons. The molecule has 0 radical (unpaired) electrons. The van der Waals surface area contributed by atoms with Crippen molar-refractivity contribution < 1.29 is 23.9 Å². The number of carbonyl (C=O) groups is 2. The highest BCUT2D eigenvalue weighted by Crippen LogP contribution is 2.31. The summed E-state index contributed by atoms with van der Waals surface area (Å²) in [5.41, 5.74) is 0.848. The first-order chi connectivity index (χ1) is 10.7. The number of benzene rings is 1. The van der Waals surface area contributed by atoms with E-state index >= 15 is 0 Å². The summed E-state index contributed by atoms with van der Waals surface area (Å²) in [5, 5.41) is 3.75. The Balaban J connectivity index is 2.21.